The molecule has 8 atom stereocenters. The highest BCUT2D eigenvalue weighted by atomic mass is 35.5. The highest BCUT2D eigenvalue weighted by Gasteiger charge is 2.64. The first-order valence-corrected chi connectivity index (χ1v) is 17.4. The number of nitrogens with zero attached hydrogens (tertiary/aromatic N) is 2. The molecule has 1 aromatic carbocycles. The molecule has 0 spiro atoms. The zero-order valence-electron chi connectivity index (χ0n) is 30.2. The number of ether oxygens (including phenoxy) is 4. The van der Waals surface area contributed by atoms with Gasteiger partial charge in [0.15, 0.2) is 0 Å². The van der Waals surface area contributed by atoms with Crippen molar-refractivity contribution in [2.45, 2.75) is 102 Å². The van der Waals surface area contributed by atoms with Crippen LogP contribution in [0.15, 0.2) is 35.9 Å². The molecular formula is C36H51ClN4O9. The van der Waals surface area contributed by atoms with Gasteiger partial charge < -0.3 is 44.5 Å². The fourth-order valence-corrected chi connectivity index (χ4v) is 6.84. The Bertz CT molecular complexity index is 1500. The lowest BCUT2D eigenvalue weighted by Crippen LogP contribution is -2.53. The van der Waals surface area contributed by atoms with Gasteiger partial charge in [0.25, 0.3) is 0 Å². The van der Waals surface area contributed by atoms with E-state index in [-0.39, 0.29) is 23.8 Å². The summed E-state index contributed by atoms with van der Waals surface area (Å²) in [6.07, 6.45) is 2.67. The number of halogens is 1. The highest BCUT2D eigenvalue weighted by Crippen LogP contribution is 2.48. The Hall–Kier alpha value is -3.65. The molecule has 13 nitrogen and oxygen atoms in total. The standard InChI is InChI=1S/C36H51ClN4O9/c1-20-11-9-12-26(42)24-18-27(48-35(46)39-24)21(2)33-36(4,50-33)29(49-34(45)22(3)40(6)30(43)13-10-14-38-5)19-31(44)41(7)25-16-23(15-20)17-28(47-8)32(25)37/h9,11-12,16-17,21-22,24,26-27,29,33,38,42H,10,13-15,18-19H2,1-8H3,(H,39,46). The molecule has 3 amide bonds. The van der Waals surface area contributed by atoms with Gasteiger partial charge in [0.2, 0.25) is 11.8 Å². The molecule has 276 valence electrons. The Morgan fingerprint density at radius 3 is 2.70 bits per heavy atom. The second-order valence-corrected chi connectivity index (χ2v) is 14.1. The molecule has 0 radical (unpaired) electrons. The van der Waals surface area contributed by atoms with Gasteiger partial charge in [-0.15, -0.1) is 0 Å². The van der Waals surface area contributed by atoms with Crippen LogP contribution in [0.4, 0.5) is 10.5 Å². The average Bonchev–Trinajstić information content (AvgIpc) is 3.78. The number of esters is 1. The van der Waals surface area contributed by atoms with E-state index in [0.717, 1.165) is 11.1 Å². The number of epoxide rings is 1. The number of rotatable bonds is 8. The number of aliphatic hydroxyl groups excluding tert-OH is 1. The molecular weight excluding hydrogens is 668 g/mol. The first kappa shape index (κ1) is 39.1. The van der Waals surface area contributed by atoms with Crippen LogP contribution in [0, 0.1) is 5.92 Å². The Morgan fingerprint density at radius 1 is 1.30 bits per heavy atom. The molecule has 1 aromatic rings. The molecule has 14 heteroatoms. The van der Waals surface area contributed by atoms with Crippen molar-refractivity contribution in [1.29, 1.82) is 0 Å². The van der Waals surface area contributed by atoms with Gasteiger partial charge in [-0.25, -0.2) is 9.59 Å². The summed E-state index contributed by atoms with van der Waals surface area (Å²) in [6, 6.07) is 2.05. The molecule has 4 bridgehead atoms. The zero-order chi connectivity index (χ0) is 36.9. The molecule has 3 heterocycles. The summed E-state index contributed by atoms with van der Waals surface area (Å²) >= 11 is 6.73. The predicted molar refractivity (Wildman–Crippen MR) is 188 cm³/mol. The van der Waals surface area contributed by atoms with Gasteiger partial charge in [-0.2, -0.15) is 0 Å². The van der Waals surface area contributed by atoms with Crippen LogP contribution < -0.4 is 20.3 Å². The van der Waals surface area contributed by atoms with E-state index in [4.69, 9.17) is 30.5 Å². The number of likely N-dealkylation sites (N-methyl/N-ethyl adjacent to an activating group) is 1. The molecule has 0 saturated carbocycles. The number of fused-ring (bicyclic) bond motifs is 5. The number of hydrogen-bond donors (Lipinski definition) is 3. The summed E-state index contributed by atoms with van der Waals surface area (Å²) in [5.41, 5.74) is 1.05. The SMILES string of the molecule is CNCCCC(=O)N(C)C(C)C(=O)OC1CC(=O)N(C)c2cc(cc(OC)c2Cl)CC(C)=CC=CC(O)C2CC(OC(=O)N2)C(C)C2OC12C. The van der Waals surface area contributed by atoms with E-state index < -0.39 is 66.0 Å². The number of amides is 3. The largest absolute Gasteiger partial charge is 0.495 e. The van der Waals surface area contributed by atoms with Gasteiger partial charge in [0, 0.05) is 32.9 Å². The summed E-state index contributed by atoms with van der Waals surface area (Å²) in [6.45, 7) is 7.78. The average molecular weight is 719 g/mol. The van der Waals surface area contributed by atoms with Crippen LogP contribution in [0.5, 0.6) is 5.75 Å². The second kappa shape index (κ2) is 16.6. The molecule has 4 rings (SSSR count). The number of methoxy groups -OCH3 is 1. The quantitative estimate of drug-likeness (QED) is 0.206. The van der Waals surface area contributed by atoms with E-state index in [1.807, 2.05) is 19.9 Å². The summed E-state index contributed by atoms with van der Waals surface area (Å²) in [4.78, 5) is 55.9. The van der Waals surface area contributed by atoms with Crippen LogP contribution in [-0.2, 0) is 35.0 Å². The number of allylic oxidation sites excluding steroid dienone is 3. The predicted octanol–water partition coefficient (Wildman–Crippen LogP) is 3.54. The molecule has 2 fully saturated rings. The molecule has 3 N–H and O–H groups in total. The lowest BCUT2D eigenvalue weighted by atomic mass is 9.85. The van der Waals surface area contributed by atoms with Gasteiger partial charge in [0.1, 0.15) is 34.6 Å². The Balaban J connectivity index is 1.70. The number of hydrogen-bond acceptors (Lipinski definition) is 10. The van der Waals surface area contributed by atoms with Crippen LogP contribution in [-0.4, -0.2) is 111 Å². The zero-order valence-corrected chi connectivity index (χ0v) is 30.9. The first-order chi connectivity index (χ1) is 23.6. The number of benzene rings is 1. The second-order valence-electron chi connectivity index (χ2n) is 13.7. The fraction of sp³-hybridized carbons (Fsp3) is 0.611. The first-order valence-electron chi connectivity index (χ1n) is 17.0. The van der Waals surface area contributed by atoms with Crippen molar-refractivity contribution in [2.75, 3.05) is 39.7 Å². The van der Waals surface area contributed by atoms with E-state index in [0.29, 0.717) is 37.2 Å². The molecule has 0 aliphatic carbocycles. The topological polar surface area (TPSA) is 159 Å². The molecule has 8 unspecified atom stereocenters. The number of alkyl carbamates (subject to hydrolysis) is 1. The van der Waals surface area contributed by atoms with E-state index in [9.17, 15) is 24.3 Å². The van der Waals surface area contributed by atoms with Crippen molar-refractivity contribution in [3.63, 3.8) is 0 Å². The third-order valence-electron chi connectivity index (χ3n) is 10.0. The van der Waals surface area contributed by atoms with Crippen molar-refractivity contribution in [1.82, 2.24) is 15.5 Å². The number of carbonyl (C=O) groups is 4. The van der Waals surface area contributed by atoms with Gasteiger partial charge in [-0.3, -0.25) is 9.59 Å². The van der Waals surface area contributed by atoms with E-state index in [1.54, 1.807) is 59.3 Å². The van der Waals surface area contributed by atoms with Crippen LogP contribution in [0.2, 0.25) is 5.02 Å². The lowest BCUT2D eigenvalue weighted by molar-refractivity contribution is -0.162. The van der Waals surface area contributed by atoms with Gasteiger partial charge >= 0.3 is 12.1 Å². The minimum Gasteiger partial charge on any atom is -0.495 e. The fourth-order valence-electron chi connectivity index (χ4n) is 6.53. The maximum atomic E-state index is 14.0. The highest BCUT2D eigenvalue weighted by molar-refractivity contribution is 6.35. The van der Waals surface area contributed by atoms with E-state index in [2.05, 4.69) is 10.6 Å². The summed E-state index contributed by atoms with van der Waals surface area (Å²) in [5, 5.41) is 16.9. The molecule has 3 aliphatic rings. The molecule has 2 saturated heterocycles. The lowest BCUT2D eigenvalue weighted by Gasteiger charge is -2.35. The van der Waals surface area contributed by atoms with Crippen LogP contribution >= 0.6 is 11.6 Å². The Kier molecular flexibility index (Phi) is 13.0. The van der Waals surface area contributed by atoms with Gasteiger partial charge in [-0.05, 0) is 64.9 Å². The van der Waals surface area contributed by atoms with Gasteiger partial charge in [-0.1, -0.05) is 42.3 Å². The minimum absolute atomic E-state index is 0.214. The minimum atomic E-state index is -1.14. The monoisotopic (exact) mass is 718 g/mol. The number of anilines is 1. The molecule has 3 aliphatic heterocycles. The maximum absolute atomic E-state index is 14.0. The van der Waals surface area contributed by atoms with Gasteiger partial charge in [0.05, 0.1) is 37.5 Å². The Morgan fingerprint density at radius 2 is 2.02 bits per heavy atom. The van der Waals surface area contributed by atoms with E-state index in [1.165, 1.54) is 16.9 Å². The van der Waals surface area contributed by atoms with Crippen molar-refractivity contribution in [2.24, 2.45) is 5.92 Å². The van der Waals surface area contributed by atoms with Crippen molar-refractivity contribution < 1.29 is 43.2 Å². The number of nitrogens with one attached hydrogen (secondary N) is 2. The van der Waals surface area contributed by atoms with Crippen molar-refractivity contribution in [3.05, 3.63) is 46.5 Å². The smallest absolute Gasteiger partial charge is 0.407 e. The summed E-state index contributed by atoms with van der Waals surface area (Å²) in [7, 11) is 6.43. The molecule has 0 aromatic heterocycles. The van der Waals surface area contributed by atoms with Crippen LogP contribution in [0.25, 0.3) is 0 Å². The van der Waals surface area contributed by atoms with Crippen molar-refractivity contribution in [3.8, 4) is 5.75 Å². The number of carbonyl (C=O) groups excluding carboxylic acids is 4. The van der Waals surface area contributed by atoms with Crippen molar-refractivity contribution >= 4 is 41.2 Å². The normalized spacial score (nSPS) is 29.2. The van der Waals surface area contributed by atoms with Crippen LogP contribution in [0.1, 0.15) is 58.9 Å². The molecule has 50 heavy (non-hydrogen) atoms. The van der Waals surface area contributed by atoms with E-state index >= 15 is 0 Å². The third-order valence-corrected chi connectivity index (χ3v) is 10.4. The third kappa shape index (κ3) is 8.98. The number of aliphatic hydroxyl groups is 1. The summed E-state index contributed by atoms with van der Waals surface area (Å²) in [5.74, 6) is -1.32. The maximum Gasteiger partial charge on any atom is 0.407 e. The van der Waals surface area contributed by atoms with Crippen LogP contribution in [0.3, 0.4) is 0 Å². The Labute approximate surface area is 299 Å². The summed E-state index contributed by atoms with van der Waals surface area (Å²) < 4.78 is 23.5.